The standard InChI is InChI=1S/C34H45N3O8/c1-2-43-33(41)27(35-28-24-44-30-17-11-10-16-29(30)37(32(28)40)22-31(38)39)15-9-4-3-6-12-25-18-20-36(21-19-25)34(42)45-23-26-13-7-5-8-14-26/h5,7-8,10-11,13-14,16-17,25,27-28,35H,2-4,6,9,12,15,18-24H2,1H3,(H,38,39)/t27-,28?/m0/s1. The highest BCUT2D eigenvalue weighted by Crippen LogP contribution is 2.31. The largest absolute Gasteiger partial charge is 0.489 e. The summed E-state index contributed by atoms with van der Waals surface area (Å²) in [5.74, 6) is -1.06. The van der Waals surface area contributed by atoms with Crippen LogP contribution in [0.1, 0.15) is 63.9 Å². The van der Waals surface area contributed by atoms with Gasteiger partial charge in [-0.3, -0.25) is 24.6 Å². The third-order valence-electron chi connectivity index (χ3n) is 8.33. The predicted octanol–water partition coefficient (Wildman–Crippen LogP) is 4.78. The van der Waals surface area contributed by atoms with Crippen LogP contribution in [0.2, 0.25) is 0 Å². The number of hydrogen-bond donors (Lipinski definition) is 2. The molecule has 1 saturated heterocycles. The van der Waals surface area contributed by atoms with Gasteiger partial charge >= 0.3 is 18.0 Å². The summed E-state index contributed by atoms with van der Waals surface area (Å²) < 4.78 is 16.6. The molecular weight excluding hydrogens is 578 g/mol. The van der Waals surface area contributed by atoms with Crippen LogP contribution in [-0.4, -0.2) is 78.9 Å². The van der Waals surface area contributed by atoms with E-state index < -0.39 is 36.5 Å². The molecule has 1 fully saturated rings. The average Bonchev–Trinajstić information content (AvgIpc) is 3.17. The lowest BCUT2D eigenvalue weighted by atomic mass is 9.91. The molecule has 2 amide bonds. The fourth-order valence-corrected chi connectivity index (χ4v) is 5.88. The number of carbonyl (C=O) groups is 4. The van der Waals surface area contributed by atoms with Gasteiger partial charge in [0.25, 0.3) is 0 Å². The maximum Gasteiger partial charge on any atom is 0.410 e. The van der Waals surface area contributed by atoms with E-state index in [4.69, 9.17) is 14.2 Å². The number of benzene rings is 2. The maximum atomic E-state index is 13.4. The van der Waals surface area contributed by atoms with Crippen molar-refractivity contribution in [2.45, 2.75) is 77.0 Å². The number of rotatable bonds is 15. The summed E-state index contributed by atoms with van der Waals surface area (Å²) in [6, 6.07) is 14.8. The van der Waals surface area contributed by atoms with Gasteiger partial charge in [0.2, 0.25) is 5.91 Å². The molecule has 0 radical (unpaired) electrons. The fourth-order valence-electron chi connectivity index (χ4n) is 5.88. The molecule has 11 heteroatoms. The summed E-state index contributed by atoms with van der Waals surface area (Å²) in [7, 11) is 0. The third kappa shape index (κ3) is 10.2. The second-order valence-corrected chi connectivity index (χ2v) is 11.6. The van der Waals surface area contributed by atoms with Gasteiger partial charge in [-0.05, 0) is 49.8 Å². The lowest BCUT2D eigenvalue weighted by Crippen LogP contribution is -2.54. The Morgan fingerprint density at radius 1 is 0.978 bits per heavy atom. The molecule has 1 unspecified atom stereocenters. The Hall–Kier alpha value is -4.12. The van der Waals surface area contributed by atoms with Crippen molar-refractivity contribution in [2.24, 2.45) is 5.92 Å². The quantitative estimate of drug-likeness (QED) is 0.212. The topological polar surface area (TPSA) is 135 Å². The molecule has 2 N–H and O–H groups in total. The average molecular weight is 624 g/mol. The van der Waals surface area contributed by atoms with Crippen molar-refractivity contribution in [1.82, 2.24) is 10.2 Å². The fraction of sp³-hybridized carbons (Fsp3) is 0.529. The molecule has 0 saturated carbocycles. The van der Waals surface area contributed by atoms with Gasteiger partial charge in [0, 0.05) is 13.1 Å². The van der Waals surface area contributed by atoms with Crippen LogP contribution >= 0.6 is 0 Å². The number of nitrogens with zero attached hydrogens (tertiary/aromatic N) is 2. The number of esters is 1. The van der Waals surface area contributed by atoms with E-state index in [0.717, 1.165) is 50.5 Å². The minimum absolute atomic E-state index is 0.0363. The number of anilines is 1. The molecule has 2 heterocycles. The number of carbonyl (C=O) groups excluding carboxylic acids is 3. The summed E-state index contributed by atoms with van der Waals surface area (Å²) in [4.78, 5) is 53.2. The minimum atomic E-state index is -1.15. The van der Waals surface area contributed by atoms with Crippen molar-refractivity contribution in [3.63, 3.8) is 0 Å². The van der Waals surface area contributed by atoms with E-state index in [9.17, 15) is 24.3 Å². The SMILES string of the molecule is CCOC(=O)[C@H](CCCCCCC1CCN(C(=O)OCc2ccccc2)CC1)NC1COc2ccccc2N(CC(=O)O)C1=O. The van der Waals surface area contributed by atoms with Crippen LogP contribution in [0.5, 0.6) is 5.75 Å². The summed E-state index contributed by atoms with van der Waals surface area (Å²) in [5, 5.41) is 12.6. The first-order valence-electron chi connectivity index (χ1n) is 16.0. The van der Waals surface area contributed by atoms with E-state index in [2.05, 4.69) is 5.32 Å². The Morgan fingerprint density at radius 3 is 2.42 bits per heavy atom. The predicted molar refractivity (Wildman–Crippen MR) is 168 cm³/mol. The van der Waals surface area contributed by atoms with Crippen LogP contribution in [0.4, 0.5) is 10.5 Å². The number of unbranched alkanes of at least 4 members (excludes halogenated alkanes) is 3. The van der Waals surface area contributed by atoms with Crippen molar-refractivity contribution in [3.8, 4) is 5.75 Å². The van der Waals surface area contributed by atoms with E-state index in [-0.39, 0.29) is 25.9 Å². The van der Waals surface area contributed by atoms with E-state index in [1.807, 2.05) is 30.3 Å². The summed E-state index contributed by atoms with van der Waals surface area (Å²) in [6.07, 6.45) is 7.04. The van der Waals surface area contributed by atoms with E-state index in [0.29, 0.717) is 36.9 Å². The zero-order valence-corrected chi connectivity index (χ0v) is 26.0. The zero-order chi connectivity index (χ0) is 32.0. The number of amides is 2. The van der Waals surface area contributed by atoms with Crippen molar-refractivity contribution in [3.05, 3.63) is 60.2 Å². The first kappa shape index (κ1) is 33.8. The second-order valence-electron chi connectivity index (χ2n) is 11.6. The number of hydrogen-bond acceptors (Lipinski definition) is 8. The van der Waals surface area contributed by atoms with Gasteiger partial charge in [0.1, 0.15) is 37.6 Å². The molecule has 2 aromatic carbocycles. The van der Waals surface area contributed by atoms with Crippen LogP contribution in [0.3, 0.4) is 0 Å². The van der Waals surface area contributed by atoms with E-state index in [1.54, 1.807) is 36.1 Å². The molecule has 2 aromatic rings. The highest BCUT2D eigenvalue weighted by Gasteiger charge is 2.35. The Balaban J connectivity index is 1.18. The molecule has 0 aromatic heterocycles. The van der Waals surface area contributed by atoms with Crippen LogP contribution in [0, 0.1) is 5.92 Å². The number of aliphatic carboxylic acids is 1. The van der Waals surface area contributed by atoms with E-state index in [1.165, 1.54) is 4.90 Å². The van der Waals surface area contributed by atoms with Crippen LogP contribution < -0.4 is 15.0 Å². The van der Waals surface area contributed by atoms with Crippen LogP contribution in [0.25, 0.3) is 0 Å². The molecule has 244 valence electrons. The van der Waals surface area contributed by atoms with Gasteiger partial charge in [-0.25, -0.2) is 4.79 Å². The number of nitrogens with one attached hydrogen (secondary N) is 1. The van der Waals surface area contributed by atoms with Crippen LogP contribution in [0.15, 0.2) is 54.6 Å². The maximum absolute atomic E-state index is 13.4. The number of carboxylic acid groups (broad SMARTS) is 1. The molecule has 0 spiro atoms. The first-order valence-corrected chi connectivity index (χ1v) is 16.0. The van der Waals surface area contributed by atoms with Gasteiger partial charge in [-0.1, -0.05) is 74.6 Å². The second kappa shape index (κ2) is 17.4. The summed E-state index contributed by atoms with van der Waals surface area (Å²) in [5.41, 5.74) is 1.36. The molecule has 2 aliphatic heterocycles. The van der Waals surface area contributed by atoms with Crippen molar-refractivity contribution >= 4 is 29.6 Å². The molecule has 45 heavy (non-hydrogen) atoms. The van der Waals surface area contributed by atoms with E-state index >= 15 is 0 Å². The summed E-state index contributed by atoms with van der Waals surface area (Å²) in [6.45, 7) is 3.11. The van der Waals surface area contributed by atoms with Gasteiger partial charge in [-0.2, -0.15) is 0 Å². The van der Waals surface area contributed by atoms with Gasteiger partial charge < -0.3 is 24.2 Å². The molecule has 4 rings (SSSR count). The molecule has 0 bridgehead atoms. The third-order valence-corrected chi connectivity index (χ3v) is 8.33. The number of likely N-dealkylation sites (tertiary alicyclic amines) is 1. The minimum Gasteiger partial charge on any atom is -0.489 e. The first-order chi connectivity index (χ1) is 21.9. The van der Waals surface area contributed by atoms with Crippen molar-refractivity contribution in [1.29, 1.82) is 0 Å². The smallest absolute Gasteiger partial charge is 0.410 e. The number of ether oxygens (including phenoxy) is 3. The number of piperidine rings is 1. The lowest BCUT2D eigenvalue weighted by Gasteiger charge is -2.31. The van der Waals surface area contributed by atoms with Gasteiger partial charge in [0.05, 0.1) is 12.3 Å². The molecular formula is C34H45N3O8. The zero-order valence-electron chi connectivity index (χ0n) is 26.0. The Bertz CT molecular complexity index is 1270. The molecule has 0 aliphatic carbocycles. The van der Waals surface area contributed by atoms with Crippen molar-refractivity contribution < 1.29 is 38.5 Å². The molecule has 2 atom stereocenters. The number of fused-ring (bicyclic) bond motifs is 1. The highest BCUT2D eigenvalue weighted by molar-refractivity contribution is 6.02. The monoisotopic (exact) mass is 623 g/mol. The Morgan fingerprint density at radius 2 is 1.69 bits per heavy atom. The normalized spacial score (nSPS) is 17.5. The molecule has 11 nitrogen and oxygen atoms in total. The van der Waals surface area contributed by atoms with Crippen LogP contribution in [-0.2, 0) is 30.5 Å². The Kier molecular flexibility index (Phi) is 13.0. The number of carboxylic acids is 1. The Labute approximate surface area is 264 Å². The van der Waals surface area contributed by atoms with Gasteiger partial charge in [0.15, 0.2) is 0 Å². The summed E-state index contributed by atoms with van der Waals surface area (Å²) >= 11 is 0. The van der Waals surface area contributed by atoms with Crippen molar-refractivity contribution in [2.75, 3.05) is 37.7 Å². The molecule has 2 aliphatic rings. The number of para-hydroxylation sites is 2. The van der Waals surface area contributed by atoms with Gasteiger partial charge in [-0.15, -0.1) is 0 Å². The highest BCUT2D eigenvalue weighted by atomic mass is 16.6. The lowest BCUT2D eigenvalue weighted by molar-refractivity contribution is -0.146.